The Hall–Kier alpha value is -0.960. The molecule has 2 fully saturated rings. The van der Waals surface area contributed by atoms with E-state index in [0.717, 1.165) is 5.76 Å². The van der Waals surface area contributed by atoms with E-state index in [1.807, 2.05) is 0 Å². The molecule has 118 valence electrons. The summed E-state index contributed by atoms with van der Waals surface area (Å²) in [4.78, 5) is 2.64. The first-order valence-electron chi connectivity index (χ1n) is 8.35. The number of nitrogens with zero attached hydrogens (tertiary/aromatic N) is 1. The number of likely N-dealkylation sites (tertiary alicyclic amines) is 1. The molecule has 0 bridgehead atoms. The van der Waals surface area contributed by atoms with Crippen LogP contribution >= 0.6 is 0 Å². The number of hydrogen-bond donors (Lipinski definition) is 1. The molecule has 1 saturated heterocycles. The summed E-state index contributed by atoms with van der Waals surface area (Å²) in [6.07, 6.45) is 6.14. The van der Waals surface area contributed by atoms with Crippen LogP contribution in [0.1, 0.15) is 59.8 Å². The lowest BCUT2D eigenvalue weighted by Gasteiger charge is -2.49. The Kier molecular flexibility index (Phi) is 3.40. The van der Waals surface area contributed by atoms with Crippen LogP contribution in [0, 0.1) is 5.41 Å². The number of ether oxygens (including phenoxy) is 1. The Morgan fingerprint density at radius 3 is 2.43 bits per heavy atom. The summed E-state index contributed by atoms with van der Waals surface area (Å²) in [5, 5.41) is 0. The number of allylic oxidation sites excluding steroid dienone is 1. The fourth-order valence-electron chi connectivity index (χ4n) is 5.11. The molecule has 1 aliphatic carbocycles. The van der Waals surface area contributed by atoms with Gasteiger partial charge in [0.2, 0.25) is 0 Å². The van der Waals surface area contributed by atoms with Crippen LogP contribution in [-0.4, -0.2) is 29.1 Å². The van der Waals surface area contributed by atoms with E-state index in [4.69, 9.17) is 10.5 Å². The molecule has 1 atom stereocenters. The molecule has 1 saturated carbocycles. The Balaban J connectivity index is 1.95. The molecular weight excluding hydrogens is 260 g/mol. The molecule has 0 aromatic carbocycles. The van der Waals surface area contributed by atoms with E-state index >= 15 is 0 Å². The average molecular weight is 290 g/mol. The first-order valence-corrected chi connectivity index (χ1v) is 8.35. The standard InChI is InChI=1S/C18H30N2O/c1-12-10-18(8-6-15(19)7-9-18)17(4,5)20(12)16-11-21-14(3)13(16)2/h12,15H,3,6-11,19H2,1-2,4-5H3. The molecule has 1 unspecified atom stereocenters. The SMILES string of the molecule is C=C1OCC(N2C(C)CC3(CCC(N)CC3)C2(C)C)=C1C. The second-order valence-corrected chi connectivity index (χ2v) is 7.88. The van der Waals surface area contributed by atoms with Gasteiger partial charge in [-0.15, -0.1) is 0 Å². The third kappa shape index (κ3) is 2.04. The van der Waals surface area contributed by atoms with E-state index in [2.05, 4.69) is 39.2 Å². The highest BCUT2D eigenvalue weighted by atomic mass is 16.5. The fraction of sp³-hybridized carbons (Fsp3) is 0.778. The molecular formula is C18H30N2O. The average Bonchev–Trinajstić information content (AvgIpc) is 2.82. The van der Waals surface area contributed by atoms with E-state index in [1.54, 1.807) is 0 Å². The molecule has 3 rings (SSSR count). The molecule has 2 N–H and O–H groups in total. The molecule has 3 nitrogen and oxygen atoms in total. The van der Waals surface area contributed by atoms with Gasteiger partial charge in [0.1, 0.15) is 12.4 Å². The summed E-state index contributed by atoms with van der Waals surface area (Å²) in [6, 6.07) is 0.972. The largest absolute Gasteiger partial charge is 0.488 e. The number of rotatable bonds is 1. The zero-order valence-corrected chi connectivity index (χ0v) is 14.0. The second kappa shape index (κ2) is 4.77. The molecule has 2 aliphatic heterocycles. The van der Waals surface area contributed by atoms with Crippen molar-refractivity contribution in [2.75, 3.05) is 6.61 Å². The Morgan fingerprint density at radius 1 is 1.29 bits per heavy atom. The van der Waals surface area contributed by atoms with Gasteiger partial charge in [-0.1, -0.05) is 6.58 Å². The van der Waals surface area contributed by atoms with Gasteiger partial charge in [0, 0.05) is 23.2 Å². The highest BCUT2D eigenvalue weighted by Crippen LogP contribution is 2.58. The van der Waals surface area contributed by atoms with Crippen LogP contribution < -0.4 is 5.73 Å². The highest BCUT2D eigenvalue weighted by molar-refractivity contribution is 5.35. The predicted octanol–water partition coefficient (Wildman–Crippen LogP) is 3.56. The molecule has 0 amide bonds. The van der Waals surface area contributed by atoms with Crippen molar-refractivity contribution in [3.05, 3.63) is 23.6 Å². The van der Waals surface area contributed by atoms with Gasteiger partial charge in [-0.2, -0.15) is 0 Å². The van der Waals surface area contributed by atoms with Crippen molar-refractivity contribution in [2.24, 2.45) is 11.1 Å². The van der Waals surface area contributed by atoms with Gasteiger partial charge in [-0.25, -0.2) is 0 Å². The third-order valence-corrected chi connectivity index (χ3v) is 6.54. The maximum Gasteiger partial charge on any atom is 0.128 e. The number of hydrogen-bond acceptors (Lipinski definition) is 3. The summed E-state index contributed by atoms with van der Waals surface area (Å²) in [7, 11) is 0. The van der Waals surface area contributed by atoms with Gasteiger partial charge >= 0.3 is 0 Å². The van der Waals surface area contributed by atoms with Crippen LogP contribution in [0.15, 0.2) is 23.6 Å². The van der Waals surface area contributed by atoms with Crippen LogP contribution in [0.5, 0.6) is 0 Å². The topological polar surface area (TPSA) is 38.5 Å². The van der Waals surface area contributed by atoms with Crippen LogP contribution in [0.3, 0.4) is 0 Å². The van der Waals surface area contributed by atoms with Gasteiger partial charge in [0.25, 0.3) is 0 Å². The Bertz CT molecular complexity index is 483. The minimum Gasteiger partial charge on any atom is -0.488 e. The molecule has 21 heavy (non-hydrogen) atoms. The molecule has 1 spiro atoms. The van der Waals surface area contributed by atoms with Crippen molar-refractivity contribution in [1.82, 2.24) is 4.90 Å². The zero-order chi connectivity index (χ0) is 15.4. The molecule has 3 heteroatoms. The predicted molar refractivity (Wildman–Crippen MR) is 86.7 cm³/mol. The smallest absolute Gasteiger partial charge is 0.128 e. The van der Waals surface area contributed by atoms with Gasteiger partial charge in [-0.05, 0) is 65.2 Å². The van der Waals surface area contributed by atoms with Gasteiger partial charge in [-0.3, -0.25) is 0 Å². The quantitative estimate of drug-likeness (QED) is 0.802. The third-order valence-electron chi connectivity index (χ3n) is 6.54. The monoisotopic (exact) mass is 290 g/mol. The molecule has 3 aliphatic rings. The summed E-state index contributed by atoms with van der Waals surface area (Å²) in [5.41, 5.74) is 9.30. The Morgan fingerprint density at radius 2 is 1.90 bits per heavy atom. The van der Waals surface area contributed by atoms with Crippen molar-refractivity contribution in [1.29, 1.82) is 0 Å². The lowest BCUT2D eigenvalue weighted by Crippen LogP contribution is -2.52. The van der Waals surface area contributed by atoms with E-state index in [9.17, 15) is 0 Å². The van der Waals surface area contributed by atoms with E-state index in [1.165, 1.54) is 43.4 Å². The summed E-state index contributed by atoms with van der Waals surface area (Å²) < 4.78 is 5.69. The lowest BCUT2D eigenvalue weighted by molar-refractivity contribution is 0.0403. The Labute approximate surface area is 129 Å². The van der Waals surface area contributed by atoms with Crippen molar-refractivity contribution in [2.45, 2.75) is 77.4 Å². The lowest BCUT2D eigenvalue weighted by atomic mass is 9.62. The van der Waals surface area contributed by atoms with E-state index in [-0.39, 0.29) is 5.54 Å². The molecule has 0 aromatic heterocycles. The zero-order valence-electron chi connectivity index (χ0n) is 14.0. The first kappa shape index (κ1) is 15.0. The molecule has 2 heterocycles. The van der Waals surface area contributed by atoms with Crippen molar-refractivity contribution < 1.29 is 4.74 Å². The van der Waals surface area contributed by atoms with Crippen molar-refractivity contribution >= 4 is 0 Å². The molecule has 0 radical (unpaired) electrons. The van der Waals surface area contributed by atoms with Gasteiger partial charge in [0.05, 0.1) is 5.70 Å². The highest BCUT2D eigenvalue weighted by Gasteiger charge is 2.57. The van der Waals surface area contributed by atoms with Crippen LogP contribution in [-0.2, 0) is 4.74 Å². The number of nitrogens with two attached hydrogens (primary N) is 1. The first-order chi connectivity index (χ1) is 9.78. The maximum atomic E-state index is 6.15. The van der Waals surface area contributed by atoms with Gasteiger partial charge < -0.3 is 15.4 Å². The van der Waals surface area contributed by atoms with Crippen LogP contribution in [0.25, 0.3) is 0 Å². The fourth-order valence-corrected chi connectivity index (χ4v) is 5.11. The maximum absolute atomic E-state index is 6.15. The van der Waals surface area contributed by atoms with Crippen LogP contribution in [0.2, 0.25) is 0 Å². The van der Waals surface area contributed by atoms with E-state index < -0.39 is 0 Å². The van der Waals surface area contributed by atoms with Crippen molar-refractivity contribution in [3.8, 4) is 0 Å². The van der Waals surface area contributed by atoms with Crippen molar-refractivity contribution in [3.63, 3.8) is 0 Å². The summed E-state index contributed by atoms with van der Waals surface area (Å²) >= 11 is 0. The van der Waals surface area contributed by atoms with Gasteiger partial charge in [0.15, 0.2) is 0 Å². The second-order valence-electron chi connectivity index (χ2n) is 7.88. The molecule has 0 aromatic rings. The summed E-state index contributed by atoms with van der Waals surface area (Å²) in [6.45, 7) is 14.1. The minimum atomic E-state index is 0.164. The normalized spacial score (nSPS) is 39.3. The summed E-state index contributed by atoms with van der Waals surface area (Å²) in [5.74, 6) is 0.847. The van der Waals surface area contributed by atoms with Crippen LogP contribution in [0.4, 0.5) is 0 Å². The minimum absolute atomic E-state index is 0.164. The van der Waals surface area contributed by atoms with E-state index in [0.29, 0.717) is 24.1 Å².